The number of carbonyl (C=O) groups is 2. The molecule has 1 saturated heterocycles. The van der Waals surface area contributed by atoms with Gasteiger partial charge in [-0.05, 0) is 31.1 Å². The molecule has 0 spiro atoms. The van der Waals surface area contributed by atoms with Gasteiger partial charge in [-0.1, -0.05) is 26.8 Å². The lowest BCUT2D eigenvalue weighted by Gasteiger charge is -2.34. The average molecular weight is 324 g/mol. The highest BCUT2D eigenvalue weighted by molar-refractivity contribution is 6.73. The first-order valence-electron chi connectivity index (χ1n) is 8.50. The van der Waals surface area contributed by atoms with Crippen molar-refractivity contribution < 1.29 is 18.8 Å². The predicted molar refractivity (Wildman–Crippen MR) is 88.0 cm³/mol. The summed E-state index contributed by atoms with van der Waals surface area (Å²) in [4.78, 5) is 22.9. The van der Waals surface area contributed by atoms with Crippen LogP contribution in [0.15, 0.2) is 12.2 Å². The van der Waals surface area contributed by atoms with Crippen molar-refractivity contribution in [3.63, 3.8) is 0 Å². The van der Waals surface area contributed by atoms with Gasteiger partial charge in [0.05, 0.1) is 12.5 Å². The van der Waals surface area contributed by atoms with Crippen LogP contribution in [0.25, 0.3) is 0 Å². The zero-order valence-electron chi connectivity index (χ0n) is 14.1. The Bertz CT molecular complexity index is 447. The molecule has 4 nitrogen and oxygen atoms in total. The van der Waals surface area contributed by atoms with E-state index in [1.165, 1.54) is 0 Å². The van der Waals surface area contributed by atoms with Gasteiger partial charge in [-0.3, -0.25) is 9.59 Å². The van der Waals surface area contributed by atoms with Crippen molar-refractivity contribution in [3.05, 3.63) is 12.2 Å². The zero-order chi connectivity index (χ0) is 16.3. The third kappa shape index (κ3) is 3.51. The van der Waals surface area contributed by atoms with Gasteiger partial charge in [-0.15, -0.1) is 0 Å². The van der Waals surface area contributed by atoms with E-state index in [4.69, 9.17) is 9.16 Å². The van der Waals surface area contributed by atoms with E-state index >= 15 is 0 Å². The molecule has 1 heterocycles. The summed E-state index contributed by atoms with van der Waals surface area (Å²) in [7, 11) is -1.70. The van der Waals surface area contributed by atoms with E-state index in [1.54, 1.807) is 13.0 Å². The van der Waals surface area contributed by atoms with Crippen molar-refractivity contribution in [2.75, 3.05) is 0 Å². The quantitative estimate of drug-likeness (QED) is 0.409. The molecule has 2 rings (SSSR count). The third-order valence-electron chi connectivity index (χ3n) is 5.44. The standard InChI is InChI=1S/C17H28O4Si/c1-5-22(6-2,7-3)21-16-11-15-14(10-17(19)20-15)13(16)9-8-12(4)18/h8-9,13-16H,5-7,10-11H2,1-4H3/b9-8+/t13-,14-,15+,16?/m1/s1. The minimum Gasteiger partial charge on any atom is -0.462 e. The lowest BCUT2D eigenvalue weighted by Crippen LogP contribution is -2.41. The molecule has 124 valence electrons. The van der Waals surface area contributed by atoms with E-state index in [0.717, 1.165) is 24.6 Å². The van der Waals surface area contributed by atoms with E-state index in [-0.39, 0.29) is 35.8 Å². The number of fused-ring (bicyclic) bond motifs is 1. The number of hydrogen-bond donors (Lipinski definition) is 0. The number of carbonyl (C=O) groups excluding carboxylic acids is 2. The van der Waals surface area contributed by atoms with E-state index in [1.807, 2.05) is 6.08 Å². The second-order valence-electron chi connectivity index (χ2n) is 6.58. The summed E-state index contributed by atoms with van der Waals surface area (Å²) in [5, 5.41) is 0. The first kappa shape index (κ1) is 17.4. The molecule has 0 radical (unpaired) electrons. The maximum absolute atomic E-state index is 11.6. The number of esters is 1. The Kier molecular flexibility index (Phi) is 5.61. The fourth-order valence-corrected chi connectivity index (χ4v) is 6.75. The average Bonchev–Trinajstić information content (AvgIpc) is 2.98. The summed E-state index contributed by atoms with van der Waals surface area (Å²) in [5.41, 5.74) is 0. The maximum atomic E-state index is 11.6. The van der Waals surface area contributed by atoms with Crippen LogP contribution >= 0.6 is 0 Å². The van der Waals surface area contributed by atoms with Crippen LogP contribution in [0.2, 0.25) is 18.1 Å². The zero-order valence-corrected chi connectivity index (χ0v) is 15.1. The smallest absolute Gasteiger partial charge is 0.306 e. The van der Waals surface area contributed by atoms with Gasteiger partial charge >= 0.3 is 5.97 Å². The summed E-state index contributed by atoms with van der Waals surface area (Å²) in [6, 6.07) is 3.32. The number of ether oxygens (including phenoxy) is 1. The minimum atomic E-state index is -1.70. The Morgan fingerprint density at radius 1 is 1.32 bits per heavy atom. The molecule has 1 aliphatic carbocycles. The van der Waals surface area contributed by atoms with Crippen LogP contribution in [-0.4, -0.2) is 32.3 Å². The van der Waals surface area contributed by atoms with Crippen LogP contribution in [0, 0.1) is 11.8 Å². The van der Waals surface area contributed by atoms with Crippen LogP contribution in [0.1, 0.15) is 40.5 Å². The Morgan fingerprint density at radius 3 is 2.50 bits per heavy atom. The molecule has 1 aliphatic heterocycles. The highest BCUT2D eigenvalue weighted by Crippen LogP contribution is 2.45. The van der Waals surface area contributed by atoms with Crippen molar-refractivity contribution >= 4 is 20.1 Å². The topological polar surface area (TPSA) is 52.6 Å². The molecule has 0 aromatic heterocycles. The predicted octanol–water partition coefficient (Wildman–Crippen LogP) is 3.47. The molecule has 22 heavy (non-hydrogen) atoms. The van der Waals surface area contributed by atoms with E-state index in [2.05, 4.69) is 20.8 Å². The lowest BCUT2D eigenvalue weighted by molar-refractivity contribution is -0.141. The van der Waals surface area contributed by atoms with Crippen molar-refractivity contribution in [3.8, 4) is 0 Å². The SMILES string of the molecule is CC[Si](CC)(CC)OC1C[C@@H]2OC(=O)C[C@@H]2[C@H]1/C=C/C(C)=O. The highest BCUT2D eigenvalue weighted by atomic mass is 28.4. The molecule has 4 atom stereocenters. The van der Waals surface area contributed by atoms with Crippen LogP contribution in [-0.2, 0) is 18.8 Å². The fraction of sp³-hybridized carbons (Fsp3) is 0.765. The Hall–Kier alpha value is -0.943. The van der Waals surface area contributed by atoms with E-state index < -0.39 is 8.32 Å². The number of hydrogen-bond acceptors (Lipinski definition) is 4. The van der Waals surface area contributed by atoms with Crippen LogP contribution in [0.4, 0.5) is 0 Å². The van der Waals surface area contributed by atoms with Crippen molar-refractivity contribution in [2.24, 2.45) is 11.8 Å². The Labute approximate surface area is 134 Å². The molecular formula is C17H28O4Si. The monoisotopic (exact) mass is 324 g/mol. The summed E-state index contributed by atoms with van der Waals surface area (Å²) in [5.74, 6) is 0.222. The first-order chi connectivity index (χ1) is 10.4. The summed E-state index contributed by atoms with van der Waals surface area (Å²) in [6.45, 7) is 8.21. The van der Waals surface area contributed by atoms with Crippen LogP contribution in [0.5, 0.6) is 0 Å². The van der Waals surface area contributed by atoms with Crippen LogP contribution < -0.4 is 0 Å². The van der Waals surface area contributed by atoms with Crippen LogP contribution in [0.3, 0.4) is 0 Å². The molecule has 0 aromatic rings. The summed E-state index contributed by atoms with van der Waals surface area (Å²) >= 11 is 0. The minimum absolute atomic E-state index is 0.0311. The highest BCUT2D eigenvalue weighted by Gasteiger charge is 2.51. The van der Waals surface area contributed by atoms with Gasteiger partial charge in [-0.2, -0.15) is 0 Å². The van der Waals surface area contributed by atoms with Gasteiger partial charge in [-0.25, -0.2) is 0 Å². The molecule has 2 aliphatic rings. The molecule has 5 heteroatoms. The molecule has 0 amide bonds. The largest absolute Gasteiger partial charge is 0.462 e. The Balaban J connectivity index is 2.18. The van der Waals surface area contributed by atoms with Gasteiger partial charge in [0.2, 0.25) is 0 Å². The van der Waals surface area contributed by atoms with Gasteiger partial charge in [0.25, 0.3) is 0 Å². The fourth-order valence-electron chi connectivity index (χ4n) is 3.86. The maximum Gasteiger partial charge on any atom is 0.306 e. The molecule has 0 N–H and O–H groups in total. The van der Waals surface area contributed by atoms with Gasteiger partial charge < -0.3 is 9.16 Å². The molecule has 0 bridgehead atoms. The second-order valence-corrected chi connectivity index (χ2v) is 11.3. The number of ketones is 1. The number of rotatable bonds is 7. The molecule has 1 unspecified atom stereocenters. The van der Waals surface area contributed by atoms with Gasteiger partial charge in [0.15, 0.2) is 14.1 Å². The third-order valence-corrected chi connectivity index (χ3v) is 10.1. The lowest BCUT2D eigenvalue weighted by atomic mass is 9.91. The van der Waals surface area contributed by atoms with Crippen molar-refractivity contribution in [2.45, 2.75) is 70.9 Å². The summed E-state index contributed by atoms with van der Waals surface area (Å²) in [6.07, 6.45) is 4.87. The molecule has 2 fully saturated rings. The summed E-state index contributed by atoms with van der Waals surface area (Å²) < 4.78 is 12.1. The van der Waals surface area contributed by atoms with Gasteiger partial charge in [0.1, 0.15) is 6.10 Å². The molecule has 1 saturated carbocycles. The first-order valence-corrected chi connectivity index (χ1v) is 11.0. The van der Waals surface area contributed by atoms with E-state index in [0.29, 0.717) is 6.42 Å². The van der Waals surface area contributed by atoms with Gasteiger partial charge in [0, 0.05) is 18.3 Å². The molecular weight excluding hydrogens is 296 g/mol. The van der Waals surface area contributed by atoms with E-state index in [9.17, 15) is 9.59 Å². The van der Waals surface area contributed by atoms with Crippen molar-refractivity contribution in [1.82, 2.24) is 0 Å². The normalized spacial score (nSPS) is 31.5. The number of allylic oxidation sites excluding steroid dienone is 1. The second kappa shape index (κ2) is 7.09. The molecule has 0 aromatic carbocycles. The van der Waals surface area contributed by atoms with Crippen molar-refractivity contribution in [1.29, 1.82) is 0 Å². The Morgan fingerprint density at radius 2 is 1.95 bits per heavy atom.